The van der Waals surface area contributed by atoms with Crippen molar-refractivity contribution in [2.24, 2.45) is 0 Å². The fraction of sp³-hybridized carbons (Fsp3) is 0.385. The maximum Gasteiger partial charge on any atom is 0.265 e. The monoisotopic (exact) mass is 306 g/mol. The van der Waals surface area contributed by atoms with Gasteiger partial charge >= 0.3 is 0 Å². The molecule has 0 fully saturated rings. The normalized spacial score (nSPS) is 10.4. The number of aromatic nitrogens is 3. The van der Waals surface area contributed by atoms with Crippen LogP contribution in [0.25, 0.3) is 0 Å². The molecule has 7 nitrogen and oxygen atoms in total. The van der Waals surface area contributed by atoms with Gasteiger partial charge in [0.15, 0.2) is 5.13 Å². The summed E-state index contributed by atoms with van der Waals surface area (Å²) >= 11 is 1.28. The summed E-state index contributed by atoms with van der Waals surface area (Å²) in [5.41, 5.74) is 6.57. The van der Waals surface area contributed by atoms with E-state index in [2.05, 4.69) is 20.3 Å². The molecule has 0 aliphatic rings. The number of hydrogen-bond acceptors (Lipinski definition) is 7. The summed E-state index contributed by atoms with van der Waals surface area (Å²) in [5, 5.41) is 3.53. The number of carbonyl (C=O) groups is 1. The summed E-state index contributed by atoms with van der Waals surface area (Å²) in [6.45, 7) is 4.95. The van der Waals surface area contributed by atoms with Crippen molar-refractivity contribution in [3.63, 3.8) is 0 Å². The smallest absolute Gasteiger partial charge is 0.265 e. The molecular weight excluding hydrogens is 288 g/mol. The number of carbonyl (C=O) groups excluding carboxylic acids is 1. The lowest BCUT2D eigenvalue weighted by atomic mass is 10.3. The highest BCUT2D eigenvalue weighted by atomic mass is 32.1. The van der Waals surface area contributed by atoms with Crippen LogP contribution >= 0.6 is 11.3 Å². The highest BCUT2D eigenvalue weighted by Gasteiger charge is 2.17. The number of amides is 1. The Kier molecular flexibility index (Phi) is 4.69. The van der Waals surface area contributed by atoms with Gasteiger partial charge in [-0.2, -0.15) is 0 Å². The molecule has 2 rings (SSSR count). The highest BCUT2D eigenvalue weighted by Crippen LogP contribution is 2.27. The number of aryl methyl sites for hydroxylation is 1. The van der Waals surface area contributed by atoms with Crippen molar-refractivity contribution in [1.29, 1.82) is 0 Å². The lowest BCUT2D eigenvalue weighted by molar-refractivity contribution is 0.0955. The number of hydrogen-bond donors (Lipinski definition) is 2. The van der Waals surface area contributed by atoms with E-state index in [-0.39, 0.29) is 11.7 Å². The minimum atomic E-state index is -0.239. The number of nitrogens with one attached hydrogen (secondary N) is 1. The van der Waals surface area contributed by atoms with Crippen LogP contribution in [0.2, 0.25) is 0 Å². The molecule has 0 spiro atoms. The summed E-state index contributed by atoms with van der Waals surface area (Å²) in [5.74, 6) is 0.689. The van der Waals surface area contributed by atoms with E-state index in [9.17, 15) is 4.79 Å². The first-order chi connectivity index (χ1) is 10.0. The fourth-order valence-corrected chi connectivity index (χ4v) is 2.56. The lowest BCUT2D eigenvalue weighted by Crippen LogP contribution is -2.23. The Morgan fingerprint density at radius 3 is 2.90 bits per heavy atom. The minimum absolute atomic E-state index is 0.239. The summed E-state index contributed by atoms with van der Waals surface area (Å²) in [4.78, 5) is 27.0. The third kappa shape index (κ3) is 3.66. The number of rotatable bonds is 5. The second-order valence-corrected chi connectivity index (χ2v) is 5.48. The zero-order valence-corrected chi connectivity index (χ0v) is 13.1. The average molecular weight is 306 g/mol. The summed E-state index contributed by atoms with van der Waals surface area (Å²) in [7, 11) is 1.91. The SMILES string of the molecule is CCN(C)c1nc(N)c(C(=O)NCc2ccnc(C)n2)s1. The van der Waals surface area contributed by atoms with E-state index in [1.165, 1.54) is 11.3 Å². The molecule has 0 saturated carbocycles. The van der Waals surface area contributed by atoms with Crippen LogP contribution < -0.4 is 16.0 Å². The van der Waals surface area contributed by atoms with Gasteiger partial charge in [-0.1, -0.05) is 11.3 Å². The van der Waals surface area contributed by atoms with Crippen molar-refractivity contribution >= 4 is 28.2 Å². The van der Waals surface area contributed by atoms with Gasteiger partial charge < -0.3 is 16.0 Å². The standard InChI is InChI=1S/C13H18N6OS/c1-4-19(3)13-18-11(14)10(21-13)12(20)16-7-9-5-6-15-8(2)17-9/h5-6H,4,7,14H2,1-3H3,(H,16,20). The van der Waals surface area contributed by atoms with Gasteiger partial charge in [-0.3, -0.25) is 4.79 Å². The fourth-order valence-electron chi connectivity index (χ4n) is 1.64. The van der Waals surface area contributed by atoms with Gasteiger partial charge in [0, 0.05) is 19.8 Å². The van der Waals surface area contributed by atoms with Gasteiger partial charge in [0.25, 0.3) is 5.91 Å². The molecule has 0 aliphatic carbocycles. The second-order valence-electron chi connectivity index (χ2n) is 4.50. The Hall–Kier alpha value is -2.22. The Balaban J connectivity index is 2.05. The molecule has 112 valence electrons. The topological polar surface area (TPSA) is 97.0 Å². The van der Waals surface area contributed by atoms with E-state index in [1.54, 1.807) is 19.2 Å². The predicted octanol–water partition coefficient (Wildman–Crippen LogP) is 1.21. The molecule has 0 saturated heterocycles. The molecule has 0 aliphatic heterocycles. The first kappa shape index (κ1) is 15.2. The first-order valence-corrected chi connectivity index (χ1v) is 7.37. The van der Waals surface area contributed by atoms with Crippen LogP contribution in [0.15, 0.2) is 12.3 Å². The van der Waals surface area contributed by atoms with Crippen molar-refractivity contribution in [3.8, 4) is 0 Å². The molecule has 3 N–H and O–H groups in total. The van der Waals surface area contributed by atoms with Crippen molar-refractivity contribution in [3.05, 3.63) is 28.7 Å². The van der Waals surface area contributed by atoms with Gasteiger partial charge in [0.2, 0.25) is 0 Å². The van der Waals surface area contributed by atoms with Crippen molar-refractivity contribution in [2.75, 3.05) is 24.2 Å². The van der Waals surface area contributed by atoms with E-state index >= 15 is 0 Å². The molecule has 0 unspecified atom stereocenters. The summed E-state index contributed by atoms with van der Waals surface area (Å²) < 4.78 is 0. The van der Waals surface area contributed by atoms with Gasteiger partial charge in [-0.15, -0.1) is 0 Å². The molecule has 21 heavy (non-hydrogen) atoms. The summed E-state index contributed by atoms with van der Waals surface area (Å²) in [6.07, 6.45) is 1.67. The first-order valence-electron chi connectivity index (χ1n) is 6.55. The molecule has 0 bridgehead atoms. The van der Waals surface area contributed by atoms with Crippen molar-refractivity contribution in [2.45, 2.75) is 20.4 Å². The van der Waals surface area contributed by atoms with Crippen LogP contribution in [0.1, 0.15) is 28.1 Å². The van der Waals surface area contributed by atoms with Crippen molar-refractivity contribution < 1.29 is 4.79 Å². The molecule has 0 atom stereocenters. The van der Waals surface area contributed by atoms with Crippen LogP contribution in [-0.2, 0) is 6.54 Å². The van der Waals surface area contributed by atoms with E-state index in [0.717, 1.165) is 17.4 Å². The maximum atomic E-state index is 12.2. The van der Waals surface area contributed by atoms with E-state index in [0.29, 0.717) is 17.2 Å². The Bertz CT molecular complexity index is 641. The van der Waals surface area contributed by atoms with E-state index in [1.807, 2.05) is 18.9 Å². The quantitative estimate of drug-likeness (QED) is 0.862. The Morgan fingerprint density at radius 2 is 2.24 bits per heavy atom. The van der Waals surface area contributed by atoms with Crippen LogP contribution in [0.3, 0.4) is 0 Å². The molecule has 8 heteroatoms. The second kappa shape index (κ2) is 6.49. The number of nitrogen functional groups attached to an aromatic ring is 1. The van der Waals surface area contributed by atoms with E-state index in [4.69, 9.17) is 5.73 Å². The number of nitrogens with two attached hydrogens (primary N) is 1. The van der Waals surface area contributed by atoms with Gasteiger partial charge in [0.1, 0.15) is 16.5 Å². The average Bonchev–Trinajstić information content (AvgIpc) is 2.86. The molecular formula is C13H18N6OS. The Labute approximate surface area is 127 Å². The van der Waals surface area contributed by atoms with Crippen LogP contribution in [0, 0.1) is 6.92 Å². The van der Waals surface area contributed by atoms with Crippen LogP contribution in [0.4, 0.5) is 10.9 Å². The third-order valence-electron chi connectivity index (χ3n) is 2.91. The Morgan fingerprint density at radius 1 is 1.48 bits per heavy atom. The van der Waals surface area contributed by atoms with Gasteiger partial charge in [-0.25, -0.2) is 15.0 Å². The molecule has 0 radical (unpaired) electrons. The van der Waals surface area contributed by atoms with Crippen LogP contribution in [0.5, 0.6) is 0 Å². The van der Waals surface area contributed by atoms with Gasteiger partial charge in [-0.05, 0) is 19.9 Å². The van der Waals surface area contributed by atoms with Gasteiger partial charge in [0.05, 0.1) is 12.2 Å². The highest BCUT2D eigenvalue weighted by molar-refractivity contribution is 7.18. The number of thiazole rings is 1. The van der Waals surface area contributed by atoms with Crippen molar-refractivity contribution in [1.82, 2.24) is 20.3 Å². The van der Waals surface area contributed by atoms with E-state index < -0.39 is 0 Å². The maximum absolute atomic E-state index is 12.2. The number of anilines is 2. The summed E-state index contributed by atoms with van der Waals surface area (Å²) in [6, 6.07) is 1.76. The molecule has 2 aromatic heterocycles. The molecule has 0 aromatic carbocycles. The molecule has 2 aromatic rings. The third-order valence-corrected chi connectivity index (χ3v) is 4.10. The molecule has 2 heterocycles. The minimum Gasteiger partial charge on any atom is -0.382 e. The molecule has 1 amide bonds. The van der Waals surface area contributed by atoms with Crippen LogP contribution in [-0.4, -0.2) is 34.5 Å². The lowest BCUT2D eigenvalue weighted by Gasteiger charge is -2.10. The number of nitrogens with zero attached hydrogens (tertiary/aromatic N) is 4. The zero-order chi connectivity index (χ0) is 15.4. The predicted molar refractivity (Wildman–Crippen MR) is 83.4 cm³/mol. The zero-order valence-electron chi connectivity index (χ0n) is 12.3. The largest absolute Gasteiger partial charge is 0.382 e.